The van der Waals surface area contributed by atoms with Crippen LogP contribution in [0.3, 0.4) is 0 Å². The van der Waals surface area contributed by atoms with Gasteiger partial charge in [-0.2, -0.15) is 0 Å². The molecular formula is C15H27NOSi. The fourth-order valence-electron chi connectivity index (χ4n) is 1.70. The lowest BCUT2D eigenvalue weighted by Gasteiger charge is -2.33. The molecule has 0 aliphatic carbocycles. The van der Waals surface area contributed by atoms with Crippen LogP contribution in [0.15, 0.2) is 30.3 Å². The molecular weight excluding hydrogens is 238 g/mol. The highest BCUT2D eigenvalue weighted by molar-refractivity contribution is 6.73. The predicted molar refractivity (Wildman–Crippen MR) is 81.1 cm³/mol. The molecule has 3 heteroatoms. The second kappa shape index (κ2) is 7.72. The highest BCUT2D eigenvalue weighted by Gasteiger charge is 2.23. The molecule has 0 N–H and O–H groups in total. The molecule has 0 atom stereocenters. The lowest BCUT2D eigenvalue weighted by molar-refractivity contribution is 0.0614. The van der Waals surface area contributed by atoms with E-state index in [1.54, 1.807) is 0 Å². The van der Waals surface area contributed by atoms with E-state index in [9.17, 15) is 0 Å². The van der Waals surface area contributed by atoms with E-state index in [1.165, 1.54) is 12.0 Å². The smallest absolute Gasteiger partial charge is 0.122 e. The van der Waals surface area contributed by atoms with Gasteiger partial charge in [0.05, 0.1) is 6.73 Å². The number of nitrogens with zero attached hydrogens (tertiary/aromatic N) is 1. The van der Waals surface area contributed by atoms with Crippen molar-refractivity contribution in [2.45, 2.75) is 46.0 Å². The standard InChI is InChI=1S/C15H27NOSi/c1-5-6-12-17-14-16(18(2,3)4)13-15-10-8-7-9-11-15/h7-11H,5-6,12-14H2,1-4H3. The maximum absolute atomic E-state index is 5.80. The van der Waals surface area contributed by atoms with Gasteiger partial charge in [-0.1, -0.05) is 63.3 Å². The molecule has 0 saturated carbocycles. The zero-order valence-corrected chi connectivity index (χ0v) is 13.3. The van der Waals surface area contributed by atoms with Crippen molar-refractivity contribution < 1.29 is 4.74 Å². The molecule has 0 radical (unpaired) electrons. The van der Waals surface area contributed by atoms with Gasteiger partial charge in [0.15, 0.2) is 0 Å². The molecule has 0 saturated heterocycles. The second-order valence-corrected chi connectivity index (χ2v) is 10.7. The van der Waals surface area contributed by atoms with Crippen molar-refractivity contribution in [1.82, 2.24) is 4.57 Å². The van der Waals surface area contributed by atoms with Crippen LogP contribution in [0.5, 0.6) is 0 Å². The summed E-state index contributed by atoms with van der Waals surface area (Å²) >= 11 is 0. The average Bonchev–Trinajstić information content (AvgIpc) is 2.33. The first-order valence-electron chi connectivity index (χ1n) is 6.90. The summed E-state index contributed by atoms with van der Waals surface area (Å²) in [5.74, 6) is 0. The van der Waals surface area contributed by atoms with Crippen molar-refractivity contribution in [3.05, 3.63) is 35.9 Å². The molecule has 0 amide bonds. The van der Waals surface area contributed by atoms with E-state index in [4.69, 9.17) is 4.74 Å². The topological polar surface area (TPSA) is 12.5 Å². The summed E-state index contributed by atoms with van der Waals surface area (Å²) in [7, 11) is -1.32. The number of unbranched alkanes of at least 4 members (excludes halogenated alkanes) is 1. The van der Waals surface area contributed by atoms with Crippen LogP contribution in [0, 0.1) is 0 Å². The zero-order chi connectivity index (χ0) is 13.4. The van der Waals surface area contributed by atoms with Crippen LogP contribution in [0.4, 0.5) is 0 Å². The molecule has 0 unspecified atom stereocenters. The molecule has 0 aliphatic rings. The van der Waals surface area contributed by atoms with E-state index in [0.29, 0.717) is 0 Å². The molecule has 0 aromatic heterocycles. The highest BCUT2D eigenvalue weighted by atomic mass is 28.3. The Bertz CT molecular complexity index is 321. The maximum atomic E-state index is 5.80. The highest BCUT2D eigenvalue weighted by Crippen LogP contribution is 2.14. The van der Waals surface area contributed by atoms with Crippen molar-refractivity contribution in [1.29, 1.82) is 0 Å². The Morgan fingerprint density at radius 2 is 1.78 bits per heavy atom. The van der Waals surface area contributed by atoms with Crippen LogP contribution >= 0.6 is 0 Å². The molecule has 2 nitrogen and oxygen atoms in total. The number of hydrogen-bond acceptors (Lipinski definition) is 2. The quantitative estimate of drug-likeness (QED) is 0.399. The molecule has 0 heterocycles. The first-order valence-corrected chi connectivity index (χ1v) is 10.4. The van der Waals surface area contributed by atoms with Gasteiger partial charge >= 0.3 is 0 Å². The van der Waals surface area contributed by atoms with Gasteiger partial charge in [0.2, 0.25) is 0 Å². The van der Waals surface area contributed by atoms with E-state index >= 15 is 0 Å². The van der Waals surface area contributed by atoms with Crippen LogP contribution in [0.2, 0.25) is 19.6 Å². The molecule has 0 fully saturated rings. The third-order valence-corrected chi connectivity index (χ3v) is 5.24. The Labute approximate surface area is 113 Å². The van der Waals surface area contributed by atoms with E-state index in [0.717, 1.165) is 26.3 Å². The largest absolute Gasteiger partial charge is 0.367 e. The normalized spacial score (nSPS) is 12.1. The summed E-state index contributed by atoms with van der Waals surface area (Å²) in [4.78, 5) is 0. The van der Waals surface area contributed by atoms with Crippen LogP contribution in [0.25, 0.3) is 0 Å². The molecule has 102 valence electrons. The van der Waals surface area contributed by atoms with Crippen molar-refractivity contribution in [2.75, 3.05) is 13.3 Å². The van der Waals surface area contributed by atoms with E-state index in [1.807, 2.05) is 0 Å². The first-order chi connectivity index (χ1) is 8.54. The first kappa shape index (κ1) is 15.4. The monoisotopic (exact) mass is 265 g/mol. The van der Waals surface area contributed by atoms with E-state index < -0.39 is 8.24 Å². The minimum absolute atomic E-state index is 0.768. The molecule has 18 heavy (non-hydrogen) atoms. The van der Waals surface area contributed by atoms with Crippen LogP contribution in [-0.2, 0) is 11.3 Å². The van der Waals surface area contributed by atoms with Gasteiger partial charge in [0.1, 0.15) is 8.24 Å². The lowest BCUT2D eigenvalue weighted by atomic mass is 10.2. The van der Waals surface area contributed by atoms with Crippen molar-refractivity contribution in [3.8, 4) is 0 Å². The fourth-order valence-corrected chi connectivity index (χ4v) is 2.84. The summed E-state index contributed by atoms with van der Waals surface area (Å²) in [6.07, 6.45) is 2.36. The zero-order valence-electron chi connectivity index (χ0n) is 12.3. The van der Waals surface area contributed by atoms with E-state index in [-0.39, 0.29) is 0 Å². The maximum Gasteiger partial charge on any atom is 0.122 e. The Hall–Kier alpha value is -0.643. The Kier molecular flexibility index (Phi) is 6.61. The summed E-state index contributed by atoms with van der Waals surface area (Å²) in [5.41, 5.74) is 1.37. The average molecular weight is 265 g/mol. The van der Waals surface area contributed by atoms with Gasteiger partial charge in [0.25, 0.3) is 0 Å². The molecule has 1 aromatic carbocycles. The summed E-state index contributed by atoms with van der Waals surface area (Å²) in [5, 5.41) is 0. The minimum Gasteiger partial charge on any atom is -0.367 e. The minimum atomic E-state index is -1.32. The number of rotatable bonds is 8. The van der Waals surface area contributed by atoms with Gasteiger partial charge in [-0.05, 0) is 12.0 Å². The lowest BCUT2D eigenvalue weighted by Crippen LogP contribution is -2.46. The predicted octanol–water partition coefficient (Wildman–Crippen LogP) is 4.10. The molecule has 0 spiro atoms. The summed E-state index contributed by atoms with van der Waals surface area (Å²) in [6.45, 7) is 12.0. The number of hydrogen-bond donors (Lipinski definition) is 0. The number of benzene rings is 1. The molecule has 0 aliphatic heterocycles. The van der Waals surface area contributed by atoms with Gasteiger partial charge < -0.3 is 4.74 Å². The molecule has 1 aromatic rings. The van der Waals surface area contributed by atoms with Gasteiger partial charge in [0, 0.05) is 13.2 Å². The third kappa shape index (κ3) is 5.80. The third-order valence-electron chi connectivity index (χ3n) is 3.05. The van der Waals surface area contributed by atoms with Gasteiger partial charge in [-0.25, -0.2) is 0 Å². The number of ether oxygens (including phenoxy) is 1. The van der Waals surface area contributed by atoms with Crippen molar-refractivity contribution >= 4 is 8.24 Å². The second-order valence-electron chi connectivity index (χ2n) is 5.75. The fraction of sp³-hybridized carbons (Fsp3) is 0.600. The Morgan fingerprint density at radius 1 is 1.11 bits per heavy atom. The van der Waals surface area contributed by atoms with Crippen molar-refractivity contribution in [3.63, 3.8) is 0 Å². The molecule has 0 bridgehead atoms. The Morgan fingerprint density at radius 3 is 2.33 bits per heavy atom. The summed E-state index contributed by atoms with van der Waals surface area (Å²) < 4.78 is 8.31. The summed E-state index contributed by atoms with van der Waals surface area (Å²) in [6, 6.07) is 10.7. The van der Waals surface area contributed by atoms with Gasteiger partial charge in [-0.15, -0.1) is 0 Å². The van der Waals surface area contributed by atoms with Crippen LogP contribution in [0.1, 0.15) is 25.3 Å². The van der Waals surface area contributed by atoms with Gasteiger partial charge in [-0.3, -0.25) is 4.57 Å². The van der Waals surface area contributed by atoms with E-state index in [2.05, 4.69) is 61.5 Å². The Balaban J connectivity index is 2.51. The van der Waals surface area contributed by atoms with Crippen molar-refractivity contribution in [2.24, 2.45) is 0 Å². The molecule has 1 rings (SSSR count). The van der Waals surface area contributed by atoms with Crippen LogP contribution < -0.4 is 0 Å². The van der Waals surface area contributed by atoms with Crippen LogP contribution in [-0.4, -0.2) is 26.1 Å². The SMILES string of the molecule is CCCCOCN(Cc1ccccc1)[Si](C)(C)C.